The molecule has 3 heterocycles. The Hall–Kier alpha value is -3.82. The largest absolute Gasteiger partial charge is 0.494 e. The third kappa shape index (κ3) is 4.92. The van der Waals surface area contributed by atoms with Gasteiger partial charge in [0.2, 0.25) is 5.95 Å². The molecule has 0 bridgehead atoms. The molecule has 0 fully saturated rings. The van der Waals surface area contributed by atoms with E-state index >= 15 is 0 Å². The number of nitrogens with zero attached hydrogens (tertiary/aromatic N) is 5. The van der Waals surface area contributed by atoms with Gasteiger partial charge < -0.3 is 34.9 Å². The quantitative estimate of drug-likeness (QED) is 0.327. The first-order valence-electron chi connectivity index (χ1n) is 12.7. The van der Waals surface area contributed by atoms with Crippen LogP contribution in [0.3, 0.4) is 0 Å². The zero-order valence-electron chi connectivity index (χ0n) is 22.0. The molecule has 2 aromatic carbocycles. The SMILES string of the molecule is CCN(CCN(C)C)c1cc(OC)c(Nc2nccc(-c3c4n(c5ccccc35)CCOC4)n2)cc1N. The number of para-hydroxylation sites is 1. The zero-order valence-corrected chi connectivity index (χ0v) is 22.0. The van der Waals surface area contributed by atoms with Crippen LogP contribution >= 0.6 is 0 Å². The summed E-state index contributed by atoms with van der Waals surface area (Å²) < 4.78 is 13.9. The van der Waals surface area contributed by atoms with Crippen molar-refractivity contribution < 1.29 is 9.47 Å². The number of nitrogens with one attached hydrogen (secondary N) is 1. The maximum Gasteiger partial charge on any atom is 0.227 e. The van der Waals surface area contributed by atoms with Crippen molar-refractivity contribution in [1.82, 2.24) is 19.4 Å². The van der Waals surface area contributed by atoms with Crippen LogP contribution in [0.2, 0.25) is 0 Å². The summed E-state index contributed by atoms with van der Waals surface area (Å²) in [6, 6.07) is 14.3. The van der Waals surface area contributed by atoms with E-state index in [1.54, 1.807) is 13.3 Å². The molecule has 0 saturated carbocycles. The van der Waals surface area contributed by atoms with Crippen molar-refractivity contribution in [3.63, 3.8) is 0 Å². The summed E-state index contributed by atoms with van der Waals surface area (Å²) in [7, 11) is 5.80. The number of nitrogen functional groups attached to an aromatic ring is 1. The molecule has 0 atom stereocenters. The summed E-state index contributed by atoms with van der Waals surface area (Å²) in [5.41, 5.74) is 13.1. The minimum absolute atomic E-state index is 0.476. The number of anilines is 4. The van der Waals surface area contributed by atoms with E-state index < -0.39 is 0 Å². The van der Waals surface area contributed by atoms with Crippen molar-refractivity contribution in [1.29, 1.82) is 0 Å². The van der Waals surface area contributed by atoms with Gasteiger partial charge >= 0.3 is 0 Å². The lowest BCUT2D eigenvalue weighted by molar-refractivity contribution is 0.0869. The Labute approximate surface area is 217 Å². The van der Waals surface area contributed by atoms with Gasteiger partial charge in [0.15, 0.2) is 0 Å². The fraction of sp³-hybridized carbons (Fsp3) is 0.357. The first kappa shape index (κ1) is 24.9. The Bertz CT molecular complexity index is 1400. The lowest BCUT2D eigenvalue weighted by Crippen LogP contribution is -2.32. The van der Waals surface area contributed by atoms with Gasteiger partial charge in [-0.1, -0.05) is 18.2 Å². The molecule has 9 nitrogen and oxygen atoms in total. The zero-order chi connectivity index (χ0) is 25.9. The van der Waals surface area contributed by atoms with Crippen LogP contribution in [0.25, 0.3) is 22.2 Å². The first-order chi connectivity index (χ1) is 18.0. The van der Waals surface area contributed by atoms with E-state index in [-0.39, 0.29) is 0 Å². The molecule has 4 aromatic rings. The van der Waals surface area contributed by atoms with Crippen LogP contribution in [0.15, 0.2) is 48.7 Å². The summed E-state index contributed by atoms with van der Waals surface area (Å²) in [6.45, 7) is 6.88. The highest BCUT2D eigenvalue weighted by Gasteiger charge is 2.22. The number of hydrogen-bond acceptors (Lipinski definition) is 8. The van der Waals surface area contributed by atoms with Gasteiger partial charge in [-0.05, 0) is 39.2 Å². The molecule has 5 rings (SSSR count). The first-order valence-corrected chi connectivity index (χ1v) is 12.7. The lowest BCUT2D eigenvalue weighted by Gasteiger charge is -2.27. The van der Waals surface area contributed by atoms with E-state index in [4.69, 9.17) is 20.2 Å². The number of aromatic nitrogens is 3. The molecule has 37 heavy (non-hydrogen) atoms. The number of hydrogen-bond donors (Lipinski definition) is 2. The average Bonchev–Trinajstić information content (AvgIpc) is 3.24. The van der Waals surface area contributed by atoms with Crippen LogP contribution < -0.4 is 20.7 Å². The van der Waals surface area contributed by atoms with Crippen LogP contribution in [0.1, 0.15) is 12.6 Å². The molecule has 2 aromatic heterocycles. The highest BCUT2D eigenvalue weighted by molar-refractivity contribution is 5.97. The number of likely N-dealkylation sites (N-methyl/N-ethyl adjacent to an activating group) is 2. The van der Waals surface area contributed by atoms with Gasteiger partial charge in [-0.3, -0.25) is 0 Å². The third-order valence-electron chi connectivity index (χ3n) is 6.82. The third-order valence-corrected chi connectivity index (χ3v) is 6.82. The molecular formula is C28H35N7O2. The Morgan fingerprint density at radius 3 is 2.78 bits per heavy atom. The van der Waals surface area contributed by atoms with Crippen molar-refractivity contribution >= 4 is 33.9 Å². The second-order valence-corrected chi connectivity index (χ2v) is 9.43. The fourth-order valence-electron chi connectivity index (χ4n) is 4.95. The Kier molecular flexibility index (Phi) is 7.16. The van der Waals surface area contributed by atoms with E-state index in [0.717, 1.165) is 59.9 Å². The van der Waals surface area contributed by atoms with Crippen molar-refractivity contribution in [2.75, 3.05) is 63.4 Å². The van der Waals surface area contributed by atoms with Crippen LogP contribution in [0.5, 0.6) is 5.75 Å². The average molecular weight is 502 g/mol. The number of ether oxygens (including phenoxy) is 2. The van der Waals surface area contributed by atoms with Crippen molar-refractivity contribution in [2.24, 2.45) is 0 Å². The predicted molar refractivity (Wildman–Crippen MR) is 150 cm³/mol. The van der Waals surface area contributed by atoms with Crippen molar-refractivity contribution in [3.05, 3.63) is 54.4 Å². The Morgan fingerprint density at radius 2 is 2.00 bits per heavy atom. The normalized spacial score (nSPS) is 13.1. The molecule has 0 unspecified atom stereocenters. The van der Waals surface area contributed by atoms with Gasteiger partial charge in [0.05, 0.1) is 48.8 Å². The van der Waals surface area contributed by atoms with E-state index in [9.17, 15) is 0 Å². The second-order valence-electron chi connectivity index (χ2n) is 9.43. The number of methoxy groups -OCH3 is 1. The van der Waals surface area contributed by atoms with Crippen LogP contribution in [0, 0.1) is 0 Å². The van der Waals surface area contributed by atoms with Crippen molar-refractivity contribution in [3.8, 4) is 17.0 Å². The summed E-state index contributed by atoms with van der Waals surface area (Å²) in [5.74, 6) is 1.16. The van der Waals surface area contributed by atoms with E-state index in [2.05, 4.69) is 70.0 Å². The highest BCUT2D eigenvalue weighted by Crippen LogP contribution is 2.38. The topological polar surface area (TPSA) is 93.7 Å². The van der Waals surface area contributed by atoms with Crippen molar-refractivity contribution in [2.45, 2.75) is 20.1 Å². The van der Waals surface area contributed by atoms with E-state index in [1.807, 2.05) is 18.2 Å². The second kappa shape index (κ2) is 10.7. The smallest absolute Gasteiger partial charge is 0.227 e. The molecule has 9 heteroatoms. The van der Waals surface area contributed by atoms with Gasteiger partial charge in [0, 0.05) is 54.9 Å². The summed E-state index contributed by atoms with van der Waals surface area (Å²) in [6.07, 6.45) is 1.78. The maximum absolute atomic E-state index is 6.52. The standard InChI is InChI=1S/C28H35N7O2/c1-5-34(13-12-33(2)3)24-17-26(36-4)22(16-20(24)29)32-28-30-11-10-21(31-28)27-19-8-6-7-9-23(19)35-14-15-37-18-25(27)35/h6-11,16-17H,5,12-15,18,29H2,1-4H3,(H,30,31,32). The minimum Gasteiger partial charge on any atom is -0.494 e. The van der Waals surface area contributed by atoms with Gasteiger partial charge in [0.25, 0.3) is 0 Å². The van der Waals surface area contributed by atoms with Gasteiger partial charge in [-0.25, -0.2) is 9.97 Å². The Balaban J connectivity index is 1.49. The Morgan fingerprint density at radius 1 is 1.16 bits per heavy atom. The molecule has 0 saturated heterocycles. The summed E-state index contributed by atoms with van der Waals surface area (Å²) in [4.78, 5) is 13.8. The molecular weight excluding hydrogens is 466 g/mol. The van der Waals surface area contributed by atoms with Gasteiger partial charge in [-0.2, -0.15) is 0 Å². The number of benzene rings is 2. The molecule has 194 valence electrons. The maximum atomic E-state index is 6.52. The molecule has 0 amide bonds. The van der Waals surface area contributed by atoms with Crippen LogP contribution in [-0.4, -0.2) is 66.9 Å². The van der Waals surface area contributed by atoms with Crippen LogP contribution in [0.4, 0.5) is 23.0 Å². The number of rotatable bonds is 9. The van der Waals surface area contributed by atoms with Gasteiger partial charge in [0.1, 0.15) is 5.75 Å². The number of fused-ring (bicyclic) bond motifs is 3. The molecule has 1 aliphatic heterocycles. The molecule has 0 aliphatic carbocycles. The molecule has 0 spiro atoms. The van der Waals surface area contributed by atoms with Crippen LogP contribution in [-0.2, 0) is 17.9 Å². The van der Waals surface area contributed by atoms with Gasteiger partial charge in [-0.15, -0.1) is 0 Å². The fourth-order valence-corrected chi connectivity index (χ4v) is 4.95. The summed E-state index contributed by atoms with van der Waals surface area (Å²) in [5, 5.41) is 4.50. The van der Waals surface area contributed by atoms with E-state index in [0.29, 0.717) is 30.6 Å². The highest BCUT2D eigenvalue weighted by atomic mass is 16.5. The van der Waals surface area contributed by atoms with E-state index in [1.165, 1.54) is 5.52 Å². The minimum atomic E-state index is 0.476. The number of nitrogens with two attached hydrogens (primary N) is 1. The summed E-state index contributed by atoms with van der Waals surface area (Å²) >= 11 is 0. The predicted octanol–water partition coefficient (Wildman–Crippen LogP) is 4.35. The monoisotopic (exact) mass is 501 g/mol. The molecule has 3 N–H and O–H groups in total. The lowest BCUT2D eigenvalue weighted by atomic mass is 10.1. The molecule has 0 radical (unpaired) electrons. The molecule has 1 aliphatic rings.